The van der Waals surface area contributed by atoms with Crippen LogP contribution in [0.5, 0.6) is 5.75 Å². The molecule has 0 aliphatic carbocycles. The lowest BCUT2D eigenvalue weighted by atomic mass is 10.1. The maximum atomic E-state index is 10.2. The summed E-state index contributed by atoms with van der Waals surface area (Å²) in [5.41, 5.74) is 1.32. The summed E-state index contributed by atoms with van der Waals surface area (Å²) >= 11 is 0. The summed E-state index contributed by atoms with van der Waals surface area (Å²) in [6.07, 6.45) is 6.13. The Labute approximate surface area is 113 Å². The number of benzene rings is 1. The molecule has 19 heavy (non-hydrogen) atoms. The predicted molar refractivity (Wildman–Crippen MR) is 72.9 cm³/mol. The fraction of sp³-hybridized carbons (Fsp3) is 0.333. The lowest BCUT2D eigenvalue weighted by Gasteiger charge is -2.11. The first kappa shape index (κ1) is 13.5. The summed E-state index contributed by atoms with van der Waals surface area (Å²) < 4.78 is 5.58. The monoisotopic (exact) mass is 258 g/mol. The summed E-state index contributed by atoms with van der Waals surface area (Å²) in [6.45, 7) is 2.85. The van der Waals surface area contributed by atoms with Crippen LogP contribution in [0.4, 0.5) is 0 Å². The van der Waals surface area contributed by atoms with Crippen LogP contribution in [-0.2, 0) is 0 Å². The van der Waals surface area contributed by atoms with Gasteiger partial charge in [0.1, 0.15) is 11.9 Å². The van der Waals surface area contributed by atoms with Gasteiger partial charge in [-0.3, -0.25) is 9.97 Å². The molecule has 0 bridgehead atoms. The molecule has 1 atom stereocenters. The standard InChI is InChI=1S/C15H18N2O2/c1-2-3-10-19-13-6-4-12(5-7-13)15(18)14-11-16-8-9-17-14/h4-9,11,15,18H,2-3,10H2,1H3. The summed E-state index contributed by atoms with van der Waals surface area (Å²) in [5, 5.41) is 10.2. The van der Waals surface area contributed by atoms with E-state index in [-0.39, 0.29) is 0 Å². The highest BCUT2D eigenvalue weighted by Gasteiger charge is 2.11. The molecule has 0 fully saturated rings. The molecule has 4 nitrogen and oxygen atoms in total. The predicted octanol–water partition coefficient (Wildman–Crippen LogP) is 2.74. The zero-order valence-electron chi connectivity index (χ0n) is 11.0. The lowest BCUT2D eigenvalue weighted by Crippen LogP contribution is -2.03. The van der Waals surface area contributed by atoms with Crippen molar-refractivity contribution < 1.29 is 9.84 Å². The number of unbranched alkanes of at least 4 members (excludes halogenated alkanes) is 1. The number of rotatable bonds is 6. The summed E-state index contributed by atoms with van der Waals surface area (Å²) in [6, 6.07) is 7.43. The third kappa shape index (κ3) is 3.76. The van der Waals surface area contributed by atoms with Gasteiger partial charge in [-0.05, 0) is 24.1 Å². The fourth-order valence-corrected chi connectivity index (χ4v) is 1.70. The van der Waals surface area contributed by atoms with Crippen LogP contribution in [0.1, 0.15) is 37.1 Å². The number of aliphatic hydroxyl groups is 1. The minimum Gasteiger partial charge on any atom is -0.494 e. The molecule has 0 spiro atoms. The Bertz CT molecular complexity index is 485. The van der Waals surface area contributed by atoms with Gasteiger partial charge < -0.3 is 9.84 Å². The van der Waals surface area contributed by atoms with Crippen LogP contribution in [0.25, 0.3) is 0 Å². The van der Waals surface area contributed by atoms with Crippen LogP contribution >= 0.6 is 0 Å². The Kier molecular flexibility index (Phi) is 4.86. The molecule has 1 N–H and O–H groups in total. The van der Waals surface area contributed by atoms with Crippen LogP contribution in [-0.4, -0.2) is 21.7 Å². The molecule has 2 rings (SSSR count). The molecule has 0 saturated carbocycles. The van der Waals surface area contributed by atoms with Crippen molar-refractivity contribution in [3.63, 3.8) is 0 Å². The molecule has 4 heteroatoms. The zero-order chi connectivity index (χ0) is 13.5. The van der Waals surface area contributed by atoms with Crippen molar-refractivity contribution in [2.75, 3.05) is 6.61 Å². The molecular formula is C15H18N2O2. The van der Waals surface area contributed by atoms with Gasteiger partial charge in [0.2, 0.25) is 0 Å². The van der Waals surface area contributed by atoms with E-state index in [1.54, 1.807) is 18.6 Å². The first-order chi connectivity index (χ1) is 9.31. The van der Waals surface area contributed by atoms with Gasteiger partial charge in [0.25, 0.3) is 0 Å². The van der Waals surface area contributed by atoms with Crippen molar-refractivity contribution in [2.45, 2.75) is 25.9 Å². The Hall–Kier alpha value is -1.94. The van der Waals surface area contributed by atoms with E-state index in [0.717, 1.165) is 30.8 Å². The van der Waals surface area contributed by atoms with Crippen LogP contribution in [0.3, 0.4) is 0 Å². The number of hydrogen-bond acceptors (Lipinski definition) is 4. The lowest BCUT2D eigenvalue weighted by molar-refractivity contribution is 0.214. The van der Waals surface area contributed by atoms with Gasteiger partial charge in [-0.15, -0.1) is 0 Å². The molecule has 1 unspecified atom stereocenters. The van der Waals surface area contributed by atoms with Gasteiger partial charge in [0, 0.05) is 12.4 Å². The molecule has 0 aliphatic rings. The van der Waals surface area contributed by atoms with E-state index >= 15 is 0 Å². The Morgan fingerprint density at radius 3 is 2.63 bits per heavy atom. The molecular weight excluding hydrogens is 240 g/mol. The summed E-state index contributed by atoms with van der Waals surface area (Å²) in [4.78, 5) is 8.05. The highest BCUT2D eigenvalue weighted by atomic mass is 16.5. The summed E-state index contributed by atoms with van der Waals surface area (Å²) in [5.74, 6) is 0.823. The third-order valence-corrected chi connectivity index (χ3v) is 2.83. The highest BCUT2D eigenvalue weighted by molar-refractivity contribution is 5.31. The van der Waals surface area contributed by atoms with Crippen molar-refractivity contribution >= 4 is 0 Å². The molecule has 0 radical (unpaired) electrons. The van der Waals surface area contributed by atoms with Crippen molar-refractivity contribution in [3.8, 4) is 5.75 Å². The first-order valence-electron chi connectivity index (χ1n) is 6.48. The second-order valence-corrected chi connectivity index (χ2v) is 4.30. The molecule has 1 aromatic carbocycles. The second kappa shape index (κ2) is 6.85. The van der Waals surface area contributed by atoms with E-state index in [4.69, 9.17) is 4.74 Å². The van der Waals surface area contributed by atoms with Gasteiger partial charge in [-0.2, -0.15) is 0 Å². The SMILES string of the molecule is CCCCOc1ccc(C(O)c2cnccn2)cc1. The van der Waals surface area contributed by atoms with E-state index in [1.165, 1.54) is 0 Å². The molecule has 100 valence electrons. The quantitative estimate of drug-likeness (QED) is 0.809. The Morgan fingerprint density at radius 1 is 1.21 bits per heavy atom. The van der Waals surface area contributed by atoms with E-state index < -0.39 is 6.10 Å². The third-order valence-electron chi connectivity index (χ3n) is 2.83. The van der Waals surface area contributed by atoms with Crippen molar-refractivity contribution in [1.29, 1.82) is 0 Å². The first-order valence-corrected chi connectivity index (χ1v) is 6.48. The van der Waals surface area contributed by atoms with Crippen LogP contribution in [0.15, 0.2) is 42.9 Å². The maximum Gasteiger partial charge on any atom is 0.123 e. The Morgan fingerprint density at radius 2 is 2.00 bits per heavy atom. The zero-order valence-corrected chi connectivity index (χ0v) is 11.0. The van der Waals surface area contributed by atoms with Crippen LogP contribution < -0.4 is 4.74 Å². The van der Waals surface area contributed by atoms with E-state index in [2.05, 4.69) is 16.9 Å². The van der Waals surface area contributed by atoms with Gasteiger partial charge in [0.15, 0.2) is 0 Å². The van der Waals surface area contributed by atoms with E-state index in [0.29, 0.717) is 5.69 Å². The van der Waals surface area contributed by atoms with Gasteiger partial charge in [0.05, 0.1) is 18.5 Å². The number of hydrogen-bond donors (Lipinski definition) is 1. The number of aliphatic hydroxyl groups excluding tert-OH is 1. The Balaban J connectivity index is 2.02. The normalized spacial score (nSPS) is 12.1. The van der Waals surface area contributed by atoms with E-state index in [9.17, 15) is 5.11 Å². The molecule has 0 aliphatic heterocycles. The van der Waals surface area contributed by atoms with Gasteiger partial charge >= 0.3 is 0 Å². The minimum absolute atomic E-state index is 0.544. The van der Waals surface area contributed by atoms with E-state index in [1.807, 2.05) is 24.3 Å². The van der Waals surface area contributed by atoms with Crippen molar-refractivity contribution in [1.82, 2.24) is 9.97 Å². The molecule has 0 amide bonds. The molecule has 2 aromatic rings. The van der Waals surface area contributed by atoms with Crippen molar-refractivity contribution in [3.05, 3.63) is 54.1 Å². The number of nitrogens with zero attached hydrogens (tertiary/aromatic N) is 2. The fourth-order valence-electron chi connectivity index (χ4n) is 1.70. The van der Waals surface area contributed by atoms with Gasteiger partial charge in [-0.25, -0.2) is 0 Å². The van der Waals surface area contributed by atoms with Crippen LogP contribution in [0, 0.1) is 0 Å². The highest BCUT2D eigenvalue weighted by Crippen LogP contribution is 2.22. The minimum atomic E-state index is -0.751. The topological polar surface area (TPSA) is 55.2 Å². The largest absolute Gasteiger partial charge is 0.494 e. The smallest absolute Gasteiger partial charge is 0.123 e. The average molecular weight is 258 g/mol. The summed E-state index contributed by atoms with van der Waals surface area (Å²) in [7, 11) is 0. The molecule has 1 heterocycles. The molecule has 1 aromatic heterocycles. The second-order valence-electron chi connectivity index (χ2n) is 4.30. The number of aromatic nitrogens is 2. The van der Waals surface area contributed by atoms with Crippen LogP contribution in [0.2, 0.25) is 0 Å². The number of ether oxygens (including phenoxy) is 1. The molecule has 0 saturated heterocycles. The van der Waals surface area contributed by atoms with Gasteiger partial charge in [-0.1, -0.05) is 25.5 Å². The van der Waals surface area contributed by atoms with Crippen molar-refractivity contribution in [2.24, 2.45) is 0 Å². The average Bonchev–Trinajstić information content (AvgIpc) is 2.48. The maximum absolute atomic E-state index is 10.2.